The normalized spacial score (nSPS) is 18.7. The van der Waals surface area contributed by atoms with Gasteiger partial charge >= 0.3 is 0 Å². The van der Waals surface area contributed by atoms with E-state index in [1.807, 2.05) is 25.8 Å². The molecule has 7 heteroatoms. The molecule has 2 rings (SSSR count). The second kappa shape index (κ2) is 8.34. The first kappa shape index (κ1) is 17.9. The zero-order valence-corrected chi connectivity index (χ0v) is 13.8. The molecule has 1 fully saturated rings. The minimum atomic E-state index is 0. The van der Waals surface area contributed by atoms with Crippen molar-refractivity contribution in [1.82, 2.24) is 20.4 Å². The molecule has 1 aromatic rings. The molecule has 6 nitrogen and oxygen atoms in total. The van der Waals surface area contributed by atoms with Crippen LogP contribution in [-0.2, 0) is 11.2 Å². The molecule has 1 amide bonds. The lowest BCUT2D eigenvalue weighted by Gasteiger charge is -2.32. The molecular weight excluding hydrogens is 292 g/mol. The molecule has 0 aliphatic carbocycles. The molecule has 1 saturated heterocycles. The van der Waals surface area contributed by atoms with E-state index in [0.717, 1.165) is 25.9 Å². The summed E-state index contributed by atoms with van der Waals surface area (Å²) in [7, 11) is 1.95. The van der Waals surface area contributed by atoms with E-state index in [1.54, 1.807) is 0 Å². The number of nitrogens with zero attached hydrogens (tertiary/aromatic N) is 3. The average Bonchev–Trinajstić information content (AvgIpc) is 2.94. The minimum Gasteiger partial charge on any atom is -0.341 e. The fourth-order valence-electron chi connectivity index (χ4n) is 2.42. The third-order valence-corrected chi connectivity index (χ3v) is 3.74. The van der Waals surface area contributed by atoms with Crippen molar-refractivity contribution in [3.63, 3.8) is 0 Å². The van der Waals surface area contributed by atoms with Crippen LogP contribution < -0.4 is 5.32 Å². The number of piperidine rings is 1. The van der Waals surface area contributed by atoms with Gasteiger partial charge in [0.2, 0.25) is 11.8 Å². The molecule has 1 aliphatic rings. The summed E-state index contributed by atoms with van der Waals surface area (Å²) in [4.78, 5) is 18.4. The minimum absolute atomic E-state index is 0. The summed E-state index contributed by atoms with van der Waals surface area (Å²) in [5, 5.41) is 7.15. The highest BCUT2D eigenvalue weighted by Crippen LogP contribution is 2.13. The molecule has 21 heavy (non-hydrogen) atoms. The molecule has 0 spiro atoms. The molecule has 0 bridgehead atoms. The van der Waals surface area contributed by atoms with Crippen LogP contribution in [0.15, 0.2) is 4.52 Å². The van der Waals surface area contributed by atoms with Gasteiger partial charge in [-0.05, 0) is 19.9 Å². The summed E-state index contributed by atoms with van der Waals surface area (Å²) < 4.78 is 5.16. The average molecular weight is 317 g/mol. The van der Waals surface area contributed by atoms with E-state index in [-0.39, 0.29) is 24.2 Å². The van der Waals surface area contributed by atoms with E-state index < -0.39 is 0 Å². The Morgan fingerprint density at radius 3 is 2.90 bits per heavy atom. The second-order valence-electron chi connectivity index (χ2n) is 5.67. The summed E-state index contributed by atoms with van der Waals surface area (Å²) >= 11 is 0. The predicted molar refractivity (Wildman–Crippen MR) is 82.6 cm³/mol. The quantitative estimate of drug-likeness (QED) is 0.896. The Morgan fingerprint density at radius 1 is 1.52 bits per heavy atom. The Bertz CT molecular complexity index is 450. The van der Waals surface area contributed by atoms with Crippen molar-refractivity contribution in [3.05, 3.63) is 11.7 Å². The number of likely N-dealkylation sites (tertiary alicyclic amines) is 1. The smallest absolute Gasteiger partial charge is 0.227 e. The van der Waals surface area contributed by atoms with Gasteiger partial charge in [0.25, 0.3) is 0 Å². The molecule has 1 atom stereocenters. The van der Waals surface area contributed by atoms with E-state index in [4.69, 9.17) is 4.52 Å². The lowest BCUT2D eigenvalue weighted by atomic mass is 10.1. The van der Waals surface area contributed by atoms with E-state index in [2.05, 4.69) is 15.5 Å². The largest absolute Gasteiger partial charge is 0.341 e. The molecule has 0 saturated carbocycles. The standard InChI is InChI=1S/C14H24N4O2.ClH/c1-10(2)14-16-12(20-17-14)6-7-13(19)18-8-4-5-11(9-18)15-3;/h10-11,15H,4-9H2,1-3H3;1H. The lowest BCUT2D eigenvalue weighted by molar-refractivity contribution is -0.132. The van der Waals surface area contributed by atoms with Crippen LogP contribution in [0.4, 0.5) is 0 Å². The fourth-order valence-corrected chi connectivity index (χ4v) is 2.42. The van der Waals surface area contributed by atoms with Crippen molar-refractivity contribution in [2.75, 3.05) is 20.1 Å². The van der Waals surface area contributed by atoms with E-state index in [0.29, 0.717) is 30.6 Å². The topological polar surface area (TPSA) is 71.3 Å². The fraction of sp³-hybridized carbons (Fsp3) is 0.786. The maximum Gasteiger partial charge on any atom is 0.227 e. The number of aromatic nitrogens is 2. The number of carbonyl (C=O) groups excluding carboxylic acids is 1. The van der Waals surface area contributed by atoms with E-state index in [1.165, 1.54) is 0 Å². The van der Waals surface area contributed by atoms with Crippen molar-refractivity contribution >= 4 is 18.3 Å². The first-order valence-corrected chi connectivity index (χ1v) is 7.37. The first-order chi connectivity index (χ1) is 9.60. The van der Waals surface area contributed by atoms with Gasteiger partial charge < -0.3 is 14.7 Å². The summed E-state index contributed by atoms with van der Waals surface area (Å²) in [5.41, 5.74) is 0. The van der Waals surface area contributed by atoms with Crippen LogP contribution in [0.25, 0.3) is 0 Å². The van der Waals surface area contributed by atoms with E-state index >= 15 is 0 Å². The summed E-state index contributed by atoms with van der Waals surface area (Å²) in [6.45, 7) is 5.70. The Hall–Kier alpha value is -1.14. The summed E-state index contributed by atoms with van der Waals surface area (Å²) in [5.74, 6) is 1.70. The van der Waals surface area contributed by atoms with Crippen LogP contribution in [0, 0.1) is 0 Å². The predicted octanol–water partition coefficient (Wildman–Crippen LogP) is 1.76. The maximum atomic E-state index is 12.2. The van der Waals surface area contributed by atoms with Gasteiger partial charge in [-0.25, -0.2) is 0 Å². The zero-order chi connectivity index (χ0) is 14.5. The van der Waals surface area contributed by atoms with Crippen molar-refractivity contribution < 1.29 is 9.32 Å². The number of hydrogen-bond donors (Lipinski definition) is 1. The Kier molecular flexibility index (Phi) is 7.11. The number of halogens is 1. The highest BCUT2D eigenvalue weighted by atomic mass is 35.5. The third kappa shape index (κ3) is 4.97. The molecule has 120 valence electrons. The molecular formula is C14H25ClN4O2. The van der Waals surface area contributed by atoms with Gasteiger partial charge in [-0.2, -0.15) is 4.98 Å². The Balaban J connectivity index is 0.00000220. The molecule has 1 aliphatic heterocycles. The van der Waals surface area contributed by atoms with E-state index in [9.17, 15) is 4.79 Å². The van der Waals surface area contributed by atoms with Crippen molar-refractivity contribution in [2.24, 2.45) is 0 Å². The van der Waals surface area contributed by atoms with Crippen LogP contribution in [0.2, 0.25) is 0 Å². The summed E-state index contributed by atoms with van der Waals surface area (Å²) in [6, 6.07) is 0.420. The SMILES string of the molecule is CNC1CCCN(C(=O)CCc2nc(C(C)C)no2)C1.Cl. The van der Waals surface area contributed by atoms with Crippen molar-refractivity contribution in [2.45, 2.75) is 51.5 Å². The highest BCUT2D eigenvalue weighted by molar-refractivity contribution is 5.85. The van der Waals surface area contributed by atoms with Crippen LogP contribution in [-0.4, -0.2) is 47.1 Å². The number of likely N-dealkylation sites (N-methyl/N-ethyl adjacent to an activating group) is 1. The second-order valence-corrected chi connectivity index (χ2v) is 5.67. The van der Waals surface area contributed by atoms with Gasteiger partial charge in [0.15, 0.2) is 5.82 Å². The number of rotatable bonds is 5. The number of hydrogen-bond acceptors (Lipinski definition) is 5. The van der Waals surface area contributed by atoms with Gasteiger partial charge in [0.1, 0.15) is 0 Å². The van der Waals surface area contributed by atoms with Crippen molar-refractivity contribution in [1.29, 1.82) is 0 Å². The van der Waals surface area contributed by atoms with Gasteiger partial charge in [0.05, 0.1) is 0 Å². The number of aryl methyl sites for hydroxylation is 1. The van der Waals surface area contributed by atoms with Crippen LogP contribution >= 0.6 is 12.4 Å². The molecule has 1 aromatic heterocycles. The van der Waals surface area contributed by atoms with Crippen LogP contribution in [0.3, 0.4) is 0 Å². The summed E-state index contributed by atoms with van der Waals surface area (Å²) in [6.07, 6.45) is 3.17. The first-order valence-electron chi connectivity index (χ1n) is 7.37. The monoisotopic (exact) mass is 316 g/mol. The van der Waals surface area contributed by atoms with Crippen molar-refractivity contribution in [3.8, 4) is 0 Å². The highest BCUT2D eigenvalue weighted by Gasteiger charge is 2.22. The lowest BCUT2D eigenvalue weighted by Crippen LogP contribution is -2.47. The molecule has 0 aromatic carbocycles. The maximum absolute atomic E-state index is 12.2. The Morgan fingerprint density at radius 2 is 2.29 bits per heavy atom. The van der Waals surface area contributed by atoms with Gasteiger partial charge in [-0.15, -0.1) is 12.4 Å². The van der Waals surface area contributed by atoms with Gasteiger partial charge in [-0.3, -0.25) is 4.79 Å². The van der Waals surface area contributed by atoms with Gasteiger partial charge in [-0.1, -0.05) is 19.0 Å². The number of amides is 1. The van der Waals surface area contributed by atoms with Gasteiger partial charge in [0, 0.05) is 37.9 Å². The molecule has 0 radical (unpaired) electrons. The third-order valence-electron chi connectivity index (χ3n) is 3.74. The van der Waals surface area contributed by atoms with Crippen LogP contribution in [0.1, 0.15) is 50.7 Å². The van der Waals surface area contributed by atoms with Crippen LogP contribution in [0.5, 0.6) is 0 Å². The zero-order valence-electron chi connectivity index (χ0n) is 13.0. The Labute approximate surface area is 132 Å². The molecule has 1 N–H and O–H groups in total. The number of carbonyl (C=O) groups is 1. The molecule has 2 heterocycles. The number of nitrogens with one attached hydrogen (secondary N) is 1. The molecule has 1 unspecified atom stereocenters.